The second-order valence-electron chi connectivity index (χ2n) is 3.91. The van der Waals surface area contributed by atoms with Crippen LogP contribution in [0.25, 0.3) is 0 Å². The van der Waals surface area contributed by atoms with Crippen LogP contribution in [0.3, 0.4) is 0 Å². The van der Waals surface area contributed by atoms with Crippen LogP contribution in [0.4, 0.5) is 14.5 Å². The van der Waals surface area contributed by atoms with Crippen LogP contribution in [-0.2, 0) is 0 Å². The van der Waals surface area contributed by atoms with E-state index < -0.39 is 17.4 Å². The Morgan fingerprint density at radius 2 is 1.84 bits per heavy atom. The molecule has 0 aromatic heterocycles. The van der Waals surface area contributed by atoms with Crippen molar-refractivity contribution in [3.63, 3.8) is 0 Å². The number of carbonyl (C=O) groups is 1. The molecule has 2 rings (SSSR count). The molecule has 2 aromatic rings. The van der Waals surface area contributed by atoms with Crippen molar-refractivity contribution < 1.29 is 18.3 Å². The van der Waals surface area contributed by atoms with Crippen molar-refractivity contribution in [1.82, 2.24) is 0 Å². The Hall–Kier alpha value is -2.43. The smallest absolute Gasteiger partial charge is 0.196 e. The molecule has 5 heteroatoms. The van der Waals surface area contributed by atoms with E-state index in [9.17, 15) is 13.6 Å². The summed E-state index contributed by atoms with van der Waals surface area (Å²) in [5, 5.41) is 0. The maximum absolute atomic E-state index is 13.7. The summed E-state index contributed by atoms with van der Waals surface area (Å²) in [6.07, 6.45) is 0. The largest absolute Gasteiger partial charge is 0.497 e. The van der Waals surface area contributed by atoms with Gasteiger partial charge in [-0.1, -0.05) is 0 Å². The molecule has 0 amide bonds. The van der Waals surface area contributed by atoms with E-state index in [1.807, 2.05) is 0 Å². The first-order valence-electron chi connectivity index (χ1n) is 5.46. The predicted octanol–water partition coefficient (Wildman–Crippen LogP) is 2.79. The Morgan fingerprint density at radius 1 is 1.11 bits per heavy atom. The van der Waals surface area contributed by atoms with E-state index in [1.54, 1.807) is 0 Å². The zero-order valence-corrected chi connectivity index (χ0v) is 10.1. The first-order valence-corrected chi connectivity index (χ1v) is 5.46. The number of carbonyl (C=O) groups excluding carboxylic acids is 1. The number of halogens is 2. The van der Waals surface area contributed by atoms with Crippen LogP contribution >= 0.6 is 0 Å². The van der Waals surface area contributed by atoms with Crippen molar-refractivity contribution in [3.05, 3.63) is 59.2 Å². The molecule has 0 aliphatic rings. The lowest BCUT2D eigenvalue weighted by atomic mass is 10.0. The number of ketones is 1. The summed E-state index contributed by atoms with van der Waals surface area (Å²) in [5.74, 6) is -1.74. The quantitative estimate of drug-likeness (QED) is 0.684. The molecule has 2 N–H and O–H groups in total. The van der Waals surface area contributed by atoms with Gasteiger partial charge in [0.05, 0.1) is 18.4 Å². The highest BCUT2D eigenvalue weighted by Crippen LogP contribution is 2.20. The van der Waals surface area contributed by atoms with E-state index in [4.69, 9.17) is 10.5 Å². The average molecular weight is 263 g/mol. The Morgan fingerprint density at radius 3 is 2.42 bits per heavy atom. The first kappa shape index (κ1) is 13.0. The fourth-order valence-electron chi connectivity index (χ4n) is 1.63. The zero-order valence-electron chi connectivity index (χ0n) is 10.1. The standard InChI is InChI=1S/C14H11F2NO2/c1-19-9-3-4-10(11(15)7-9)14(18)8-2-5-13(17)12(16)6-8/h2-7H,17H2,1H3. The second kappa shape index (κ2) is 5.06. The summed E-state index contributed by atoms with van der Waals surface area (Å²) in [6.45, 7) is 0. The number of anilines is 1. The van der Waals surface area contributed by atoms with E-state index in [0.29, 0.717) is 5.75 Å². The third kappa shape index (κ3) is 2.54. The summed E-state index contributed by atoms with van der Waals surface area (Å²) in [7, 11) is 1.39. The first-order chi connectivity index (χ1) is 9.02. The number of methoxy groups -OCH3 is 1. The van der Waals surface area contributed by atoms with Gasteiger partial charge in [0.1, 0.15) is 17.4 Å². The normalized spacial score (nSPS) is 10.3. The molecule has 0 unspecified atom stereocenters. The van der Waals surface area contributed by atoms with Gasteiger partial charge >= 0.3 is 0 Å². The molecular formula is C14H11F2NO2. The van der Waals surface area contributed by atoms with E-state index in [2.05, 4.69) is 0 Å². The molecule has 2 aromatic carbocycles. The van der Waals surface area contributed by atoms with Crippen molar-refractivity contribution in [1.29, 1.82) is 0 Å². The third-order valence-corrected chi connectivity index (χ3v) is 2.68. The fourth-order valence-corrected chi connectivity index (χ4v) is 1.63. The second-order valence-corrected chi connectivity index (χ2v) is 3.91. The fraction of sp³-hybridized carbons (Fsp3) is 0.0714. The molecule has 98 valence electrons. The van der Waals surface area contributed by atoms with Crippen molar-refractivity contribution >= 4 is 11.5 Å². The van der Waals surface area contributed by atoms with Crippen LogP contribution in [0.15, 0.2) is 36.4 Å². The number of hydrogen-bond donors (Lipinski definition) is 1. The van der Waals surface area contributed by atoms with Gasteiger partial charge in [-0.15, -0.1) is 0 Å². The summed E-state index contributed by atoms with van der Waals surface area (Å²) in [6, 6.07) is 7.46. The van der Waals surface area contributed by atoms with Crippen molar-refractivity contribution in [2.45, 2.75) is 0 Å². The summed E-state index contributed by atoms with van der Waals surface area (Å²) >= 11 is 0. The van der Waals surface area contributed by atoms with Crippen molar-refractivity contribution in [2.24, 2.45) is 0 Å². The van der Waals surface area contributed by atoms with E-state index in [0.717, 1.165) is 12.1 Å². The van der Waals surface area contributed by atoms with Gasteiger partial charge in [-0.2, -0.15) is 0 Å². The van der Waals surface area contributed by atoms with E-state index in [-0.39, 0.29) is 16.8 Å². The Balaban J connectivity index is 2.41. The van der Waals surface area contributed by atoms with Gasteiger partial charge in [0.25, 0.3) is 0 Å². The van der Waals surface area contributed by atoms with Crippen LogP contribution in [-0.4, -0.2) is 12.9 Å². The van der Waals surface area contributed by atoms with Crippen LogP contribution in [0.5, 0.6) is 5.75 Å². The van der Waals surface area contributed by atoms with Crippen LogP contribution in [0.2, 0.25) is 0 Å². The minimum absolute atomic E-state index is 0.0377. The van der Waals surface area contributed by atoms with Crippen LogP contribution < -0.4 is 10.5 Å². The summed E-state index contributed by atoms with van der Waals surface area (Å²) in [5.41, 5.74) is 5.14. The molecule has 0 heterocycles. The van der Waals surface area contributed by atoms with Gasteiger partial charge < -0.3 is 10.5 Å². The molecular weight excluding hydrogens is 252 g/mol. The lowest BCUT2D eigenvalue weighted by Gasteiger charge is -2.06. The minimum atomic E-state index is -0.721. The number of nitrogens with two attached hydrogens (primary N) is 1. The van der Waals surface area contributed by atoms with Crippen LogP contribution in [0.1, 0.15) is 15.9 Å². The van der Waals surface area contributed by atoms with Gasteiger partial charge in [-0.3, -0.25) is 4.79 Å². The maximum Gasteiger partial charge on any atom is 0.196 e. The zero-order chi connectivity index (χ0) is 14.0. The molecule has 0 atom stereocenters. The third-order valence-electron chi connectivity index (χ3n) is 2.68. The molecule has 0 saturated carbocycles. The average Bonchev–Trinajstić information content (AvgIpc) is 2.41. The van der Waals surface area contributed by atoms with Gasteiger partial charge in [0.15, 0.2) is 5.78 Å². The van der Waals surface area contributed by atoms with Gasteiger partial charge in [-0.05, 0) is 30.3 Å². The lowest BCUT2D eigenvalue weighted by Crippen LogP contribution is -2.05. The van der Waals surface area contributed by atoms with E-state index >= 15 is 0 Å². The van der Waals surface area contributed by atoms with Gasteiger partial charge in [0.2, 0.25) is 0 Å². The van der Waals surface area contributed by atoms with Gasteiger partial charge in [-0.25, -0.2) is 8.78 Å². The maximum atomic E-state index is 13.7. The highest BCUT2D eigenvalue weighted by Gasteiger charge is 2.15. The van der Waals surface area contributed by atoms with Crippen molar-refractivity contribution in [2.75, 3.05) is 12.8 Å². The number of ether oxygens (including phenoxy) is 1. The van der Waals surface area contributed by atoms with Crippen LogP contribution in [0, 0.1) is 11.6 Å². The SMILES string of the molecule is COc1ccc(C(=O)c2ccc(N)c(F)c2)c(F)c1. The minimum Gasteiger partial charge on any atom is -0.497 e. The number of benzene rings is 2. The Kier molecular flexibility index (Phi) is 3.46. The highest BCUT2D eigenvalue weighted by molar-refractivity contribution is 6.09. The molecule has 0 saturated heterocycles. The molecule has 0 fully saturated rings. The monoisotopic (exact) mass is 263 g/mol. The summed E-state index contributed by atoms with van der Waals surface area (Å²) < 4.78 is 31.9. The molecule has 0 radical (unpaired) electrons. The number of rotatable bonds is 3. The predicted molar refractivity (Wildman–Crippen MR) is 67.2 cm³/mol. The molecule has 0 aliphatic heterocycles. The van der Waals surface area contributed by atoms with Gasteiger partial charge in [0, 0.05) is 11.6 Å². The number of nitrogen functional groups attached to an aromatic ring is 1. The molecule has 0 spiro atoms. The molecule has 3 nitrogen and oxygen atoms in total. The highest BCUT2D eigenvalue weighted by atomic mass is 19.1. The van der Waals surface area contributed by atoms with Crippen molar-refractivity contribution in [3.8, 4) is 5.75 Å². The van der Waals surface area contributed by atoms with E-state index in [1.165, 1.54) is 31.4 Å². The molecule has 19 heavy (non-hydrogen) atoms. The molecule has 0 bridgehead atoms. The number of hydrogen-bond acceptors (Lipinski definition) is 3. The molecule has 0 aliphatic carbocycles. The summed E-state index contributed by atoms with van der Waals surface area (Å²) in [4.78, 5) is 12.0. The Labute approximate surface area is 108 Å². The lowest BCUT2D eigenvalue weighted by molar-refractivity contribution is 0.103. The topological polar surface area (TPSA) is 52.3 Å². The Bertz CT molecular complexity index is 641.